The van der Waals surface area contributed by atoms with E-state index in [0.29, 0.717) is 6.54 Å². The number of carbonyl (C=O) groups excluding carboxylic acids is 2. The maximum Gasteiger partial charge on any atom is 0.240 e. The molecule has 2 N–H and O–H groups in total. The van der Waals surface area contributed by atoms with E-state index in [4.69, 9.17) is 0 Å². The molecule has 2 aromatic rings. The lowest BCUT2D eigenvalue weighted by Gasteiger charge is -2.15. The number of nitrogens with one attached hydrogen (secondary N) is 2. The quantitative estimate of drug-likeness (QED) is 0.520. The fourth-order valence-electron chi connectivity index (χ4n) is 2.33. The number of carboxylic acids is 2. The number of rotatable bonds is 10. The number of sulfonamides is 1. The van der Waals surface area contributed by atoms with Crippen LogP contribution in [-0.4, -0.2) is 26.9 Å². The van der Waals surface area contributed by atoms with Crippen LogP contribution in [0.3, 0.4) is 0 Å². The number of hydrogen-bond acceptors (Lipinski definition) is 7. The maximum absolute atomic E-state index is 12.2. The van der Waals surface area contributed by atoms with E-state index >= 15 is 0 Å². The van der Waals surface area contributed by atoms with E-state index in [1.807, 2.05) is 30.3 Å². The van der Waals surface area contributed by atoms with Gasteiger partial charge in [-0.2, -0.15) is 0 Å². The summed E-state index contributed by atoms with van der Waals surface area (Å²) in [5.74, 6) is -2.79. The SMILES string of the molecule is O=C([O-])CCCNS(=O)(=O)c1ccc(NCc2ccccc2)c(C(=O)[O-])c1. The first-order valence-electron chi connectivity index (χ1n) is 8.12. The van der Waals surface area contributed by atoms with Crippen molar-refractivity contribution in [2.75, 3.05) is 11.9 Å². The molecule has 0 atom stereocenters. The molecule has 0 amide bonds. The summed E-state index contributed by atoms with van der Waals surface area (Å²) >= 11 is 0. The van der Waals surface area contributed by atoms with E-state index in [-0.39, 0.29) is 35.5 Å². The Balaban J connectivity index is 2.13. The third-order valence-electron chi connectivity index (χ3n) is 3.70. The summed E-state index contributed by atoms with van der Waals surface area (Å²) in [6.45, 7) is 0.250. The summed E-state index contributed by atoms with van der Waals surface area (Å²) in [4.78, 5) is 21.5. The molecule has 144 valence electrons. The molecule has 0 aromatic heterocycles. The van der Waals surface area contributed by atoms with Crippen molar-refractivity contribution in [2.24, 2.45) is 0 Å². The summed E-state index contributed by atoms with van der Waals surface area (Å²) < 4.78 is 26.7. The predicted molar refractivity (Wildman–Crippen MR) is 94.0 cm³/mol. The Kier molecular flexibility index (Phi) is 6.91. The Bertz CT molecular complexity index is 913. The van der Waals surface area contributed by atoms with Gasteiger partial charge in [-0.3, -0.25) is 0 Å². The second-order valence-corrected chi connectivity index (χ2v) is 7.47. The van der Waals surface area contributed by atoms with Crippen LogP contribution in [0.2, 0.25) is 0 Å². The van der Waals surface area contributed by atoms with Crippen LogP contribution >= 0.6 is 0 Å². The fraction of sp³-hybridized carbons (Fsp3) is 0.222. The molecule has 8 nitrogen and oxygen atoms in total. The Morgan fingerprint density at radius 1 is 1.00 bits per heavy atom. The van der Waals surface area contributed by atoms with Gasteiger partial charge in [-0.15, -0.1) is 0 Å². The Hall–Kier alpha value is -2.91. The fourth-order valence-corrected chi connectivity index (χ4v) is 3.43. The third-order valence-corrected chi connectivity index (χ3v) is 5.16. The zero-order chi connectivity index (χ0) is 19.9. The molecular formula is C18H18N2O6S-2. The van der Waals surface area contributed by atoms with Crippen LogP contribution in [0, 0.1) is 0 Å². The molecule has 9 heteroatoms. The normalized spacial score (nSPS) is 11.1. The summed E-state index contributed by atoms with van der Waals surface area (Å²) in [7, 11) is -3.98. The molecule has 0 saturated carbocycles. The molecule has 0 unspecified atom stereocenters. The number of carbonyl (C=O) groups is 2. The van der Waals surface area contributed by atoms with Gasteiger partial charge in [-0.05, 0) is 36.6 Å². The van der Waals surface area contributed by atoms with Crippen LogP contribution in [-0.2, 0) is 21.4 Å². The largest absolute Gasteiger partial charge is 0.550 e. The van der Waals surface area contributed by atoms with Gasteiger partial charge in [0.25, 0.3) is 0 Å². The number of aromatic carboxylic acids is 1. The highest BCUT2D eigenvalue weighted by atomic mass is 32.2. The summed E-state index contributed by atoms with van der Waals surface area (Å²) in [6, 6.07) is 12.9. The molecule has 27 heavy (non-hydrogen) atoms. The van der Waals surface area contributed by atoms with Gasteiger partial charge in [0.1, 0.15) is 0 Å². The molecule has 0 aliphatic rings. The first-order valence-corrected chi connectivity index (χ1v) is 9.60. The van der Waals surface area contributed by atoms with E-state index in [2.05, 4.69) is 10.0 Å². The lowest BCUT2D eigenvalue weighted by Crippen LogP contribution is -2.28. The highest BCUT2D eigenvalue weighted by Crippen LogP contribution is 2.21. The van der Waals surface area contributed by atoms with Gasteiger partial charge in [0.05, 0.1) is 10.9 Å². The maximum atomic E-state index is 12.2. The number of benzene rings is 2. The minimum Gasteiger partial charge on any atom is -0.550 e. The summed E-state index contributed by atoms with van der Waals surface area (Å²) in [6.07, 6.45) is -0.221. The van der Waals surface area contributed by atoms with Gasteiger partial charge in [0, 0.05) is 30.3 Å². The minimum absolute atomic E-state index is 0.0611. The van der Waals surface area contributed by atoms with Gasteiger partial charge in [0.15, 0.2) is 0 Å². The number of carboxylic acid groups (broad SMARTS) is 2. The zero-order valence-corrected chi connectivity index (χ0v) is 15.1. The lowest BCUT2D eigenvalue weighted by molar-refractivity contribution is -0.305. The van der Waals surface area contributed by atoms with Gasteiger partial charge < -0.3 is 25.1 Å². The molecule has 0 radical (unpaired) electrons. The summed E-state index contributed by atoms with van der Waals surface area (Å²) in [5.41, 5.74) is 0.867. The van der Waals surface area contributed by atoms with Crippen LogP contribution in [0.1, 0.15) is 28.8 Å². The van der Waals surface area contributed by atoms with Gasteiger partial charge in [0.2, 0.25) is 10.0 Å². The van der Waals surface area contributed by atoms with E-state index in [1.165, 1.54) is 12.1 Å². The second kappa shape index (κ2) is 9.15. The van der Waals surface area contributed by atoms with Crippen molar-refractivity contribution in [3.8, 4) is 0 Å². The molecule has 0 bridgehead atoms. The summed E-state index contributed by atoms with van der Waals surface area (Å²) in [5, 5.41) is 24.7. The molecule has 0 fully saturated rings. The standard InChI is InChI=1S/C18H20N2O6S/c21-17(22)7-4-10-20-27(25,26)14-8-9-16(15(11-14)18(23)24)19-12-13-5-2-1-3-6-13/h1-3,5-6,8-9,11,19-20H,4,7,10,12H2,(H,21,22)(H,23,24)/p-2. The van der Waals surface area contributed by atoms with Crippen LogP contribution < -0.4 is 20.3 Å². The van der Waals surface area contributed by atoms with Crippen LogP contribution in [0.15, 0.2) is 53.4 Å². The van der Waals surface area contributed by atoms with E-state index < -0.39 is 22.0 Å². The average Bonchev–Trinajstić information content (AvgIpc) is 2.64. The molecule has 0 heterocycles. The van der Waals surface area contributed by atoms with E-state index in [0.717, 1.165) is 11.6 Å². The molecule has 0 aliphatic heterocycles. The molecular weight excluding hydrogens is 372 g/mol. The van der Waals surface area contributed by atoms with Crippen LogP contribution in [0.5, 0.6) is 0 Å². The van der Waals surface area contributed by atoms with Crippen molar-refractivity contribution in [2.45, 2.75) is 24.3 Å². The monoisotopic (exact) mass is 390 g/mol. The molecule has 2 rings (SSSR count). The van der Waals surface area contributed by atoms with Crippen LogP contribution in [0.4, 0.5) is 5.69 Å². The number of anilines is 1. The first kappa shape index (κ1) is 20.4. The van der Waals surface area contributed by atoms with Crippen molar-refractivity contribution in [3.63, 3.8) is 0 Å². The molecule has 2 aromatic carbocycles. The first-order chi connectivity index (χ1) is 12.8. The van der Waals surface area contributed by atoms with Gasteiger partial charge in [-0.1, -0.05) is 30.3 Å². The van der Waals surface area contributed by atoms with Crippen molar-refractivity contribution < 1.29 is 28.2 Å². The topological polar surface area (TPSA) is 138 Å². The van der Waals surface area contributed by atoms with E-state index in [1.54, 1.807) is 0 Å². The Morgan fingerprint density at radius 2 is 1.70 bits per heavy atom. The number of aliphatic carboxylic acids is 1. The van der Waals surface area contributed by atoms with Gasteiger partial charge >= 0.3 is 0 Å². The lowest BCUT2D eigenvalue weighted by atomic mass is 10.1. The van der Waals surface area contributed by atoms with Crippen molar-refractivity contribution >= 4 is 27.6 Å². The number of hydrogen-bond donors (Lipinski definition) is 2. The second-order valence-electron chi connectivity index (χ2n) is 5.71. The van der Waals surface area contributed by atoms with Gasteiger partial charge in [-0.25, -0.2) is 13.1 Å². The molecule has 0 spiro atoms. The average molecular weight is 390 g/mol. The Labute approximate surface area is 156 Å². The van der Waals surface area contributed by atoms with Crippen molar-refractivity contribution in [1.82, 2.24) is 4.72 Å². The third kappa shape index (κ3) is 6.08. The smallest absolute Gasteiger partial charge is 0.240 e. The van der Waals surface area contributed by atoms with Crippen LogP contribution in [0.25, 0.3) is 0 Å². The van der Waals surface area contributed by atoms with E-state index in [9.17, 15) is 28.2 Å². The minimum atomic E-state index is -3.98. The van der Waals surface area contributed by atoms with Crippen molar-refractivity contribution in [1.29, 1.82) is 0 Å². The zero-order valence-electron chi connectivity index (χ0n) is 14.3. The highest BCUT2D eigenvalue weighted by molar-refractivity contribution is 7.89. The highest BCUT2D eigenvalue weighted by Gasteiger charge is 2.16. The predicted octanol–water partition coefficient (Wildman–Crippen LogP) is -0.529. The Morgan fingerprint density at radius 3 is 2.33 bits per heavy atom. The molecule has 0 aliphatic carbocycles. The van der Waals surface area contributed by atoms with Crippen molar-refractivity contribution in [3.05, 3.63) is 59.7 Å². The molecule has 0 saturated heterocycles.